The number of ether oxygens (including phenoxy) is 1. The summed E-state index contributed by atoms with van der Waals surface area (Å²) in [4.78, 5) is 14.7. The molecule has 2 aromatic carbocycles. The topological polar surface area (TPSA) is 29.5 Å². The molecule has 0 radical (unpaired) electrons. The van der Waals surface area contributed by atoms with E-state index >= 15 is 0 Å². The second-order valence-electron chi connectivity index (χ2n) is 7.04. The maximum absolute atomic E-state index is 13.6. The van der Waals surface area contributed by atoms with Gasteiger partial charge in [0.15, 0.2) is 0 Å². The number of carbonyl (C=O) groups excluding carboxylic acids is 1. The predicted molar refractivity (Wildman–Crippen MR) is 96.8 cm³/mol. The number of carbonyl (C=O) groups is 1. The Morgan fingerprint density at radius 2 is 1.88 bits per heavy atom. The number of halogens is 1. The minimum atomic E-state index is -0.385. The van der Waals surface area contributed by atoms with E-state index in [1.165, 1.54) is 6.07 Å². The first kappa shape index (κ1) is 16.8. The molecule has 3 nitrogen and oxygen atoms in total. The van der Waals surface area contributed by atoms with Crippen LogP contribution in [0.15, 0.2) is 48.5 Å². The van der Waals surface area contributed by atoms with Gasteiger partial charge in [0.1, 0.15) is 5.82 Å². The number of likely N-dealkylation sites (tertiary alicyclic amines) is 1. The average Bonchev–Trinajstić information content (AvgIpc) is 3.43. The second-order valence-corrected chi connectivity index (χ2v) is 7.04. The Kier molecular flexibility index (Phi) is 4.26. The zero-order chi connectivity index (χ0) is 18.1. The lowest BCUT2D eigenvalue weighted by Crippen LogP contribution is -2.57. The molecule has 1 heterocycles. The van der Waals surface area contributed by atoms with Crippen LogP contribution in [0.1, 0.15) is 29.5 Å². The number of nitrogens with zero attached hydrogens (tertiary/aromatic N) is 1. The first-order chi connectivity index (χ1) is 12.6. The van der Waals surface area contributed by atoms with Crippen molar-refractivity contribution >= 4 is 5.91 Å². The van der Waals surface area contributed by atoms with Crippen LogP contribution >= 0.6 is 0 Å². The summed E-state index contributed by atoms with van der Waals surface area (Å²) in [6.07, 6.45) is 7.11. The van der Waals surface area contributed by atoms with Crippen LogP contribution < -0.4 is 0 Å². The van der Waals surface area contributed by atoms with Gasteiger partial charge in [-0.05, 0) is 36.6 Å². The maximum atomic E-state index is 13.6. The highest BCUT2D eigenvalue weighted by atomic mass is 19.1. The highest BCUT2D eigenvalue weighted by Crippen LogP contribution is 2.50. The van der Waals surface area contributed by atoms with Gasteiger partial charge in [-0.1, -0.05) is 36.3 Å². The summed E-state index contributed by atoms with van der Waals surface area (Å²) < 4.78 is 19.4. The normalized spacial score (nSPS) is 18.1. The zero-order valence-corrected chi connectivity index (χ0v) is 14.5. The average molecular weight is 349 g/mol. The molecule has 2 aromatic rings. The first-order valence-corrected chi connectivity index (χ1v) is 8.84. The molecule has 0 unspecified atom stereocenters. The Labute approximate surface area is 152 Å². The summed E-state index contributed by atoms with van der Waals surface area (Å²) in [5.41, 5.74) is 2.02. The number of terminal acetylenes is 1. The first-order valence-electron chi connectivity index (χ1n) is 8.84. The molecular weight excluding hydrogens is 329 g/mol. The zero-order valence-electron chi connectivity index (χ0n) is 14.5. The number of rotatable bonds is 5. The molecular formula is C22H20FNO2. The Bertz CT molecular complexity index is 858. The van der Waals surface area contributed by atoms with Gasteiger partial charge in [-0.25, -0.2) is 4.39 Å². The van der Waals surface area contributed by atoms with Crippen molar-refractivity contribution in [3.8, 4) is 12.3 Å². The van der Waals surface area contributed by atoms with E-state index < -0.39 is 0 Å². The van der Waals surface area contributed by atoms with Crippen LogP contribution in [-0.4, -0.2) is 30.0 Å². The maximum Gasteiger partial charge on any atom is 0.233 e. The summed E-state index contributed by atoms with van der Waals surface area (Å²) in [5, 5.41) is 0. The van der Waals surface area contributed by atoms with Crippen LogP contribution in [0.5, 0.6) is 0 Å². The van der Waals surface area contributed by atoms with Crippen molar-refractivity contribution in [3.05, 3.63) is 71.0 Å². The van der Waals surface area contributed by atoms with Crippen molar-refractivity contribution in [3.63, 3.8) is 0 Å². The van der Waals surface area contributed by atoms with Crippen molar-refractivity contribution in [1.29, 1.82) is 0 Å². The molecule has 2 fully saturated rings. The van der Waals surface area contributed by atoms with E-state index in [1.54, 1.807) is 18.2 Å². The molecule has 132 valence electrons. The summed E-state index contributed by atoms with van der Waals surface area (Å²) in [5.74, 6) is 2.51. The largest absolute Gasteiger partial charge is 0.370 e. The minimum Gasteiger partial charge on any atom is -0.370 e. The molecule has 1 aliphatic heterocycles. The summed E-state index contributed by atoms with van der Waals surface area (Å²) >= 11 is 0. The molecule has 0 aromatic heterocycles. The third-order valence-corrected chi connectivity index (χ3v) is 5.33. The van der Waals surface area contributed by atoms with Gasteiger partial charge in [-0.15, -0.1) is 6.42 Å². The number of hydrogen-bond acceptors (Lipinski definition) is 2. The van der Waals surface area contributed by atoms with Crippen LogP contribution in [0.2, 0.25) is 0 Å². The molecule has 0 N–H and O–H groups in total. The molecule has 1 saturated carbocycles. The number of amides is 1. The molecule has 26 heavy (non-hydrogen) atoms. The summed E-state index contributed by atoms with van der Waals surface area (Å²) in [6, 6.07) is 14.3. The fraction of sp³-hybridized carbons (Fsp3) is 0.318. The van der Waals surface area contributed by atoms with Crippen molar-refractivity contribution in [2.75, 3.05) is 13.1 Å². The van der Waals surface area contributed by atoms with E-state index in [9.17, 15) is 9.18 Å². The highest BCUT2D eigenvalue weighted by molar-refractivity contribution is 5.92. The number of hydrogen-bond donors (Lipinski definition) is 0. The van der Waals surface area contributed by atoms with Gasteiger partial charge in [0.25, 0.3) is 0 Å². The fourth-order valence-electron chi connectivity index (χ4n) is 3.47. The van der Waals surface area contributed by atoms with Crippen LogP contribution in [0, 0.1) is 18.2 Å². The van der Waals surface area contributed by atoms with E-state index in [0.717, 1.165) is 24.0 Å². The minimum absolute atomic E-state index is 0.0295. The molecule has 0 spiro atoms. The lowest BCUT2D eigenvalue weighted by molar-refractivity contribution is -0.148. The Balaban J connectivity index is 1.33. The van der Waals surface area contributed by atoms with E-state index in [-0.39, 0.29) is 29.9 Å². The predicted octanol–water partition coefficient (Wildman–Crippen LogP) is 3.27. The Hall–Kier alpha value is -2.64. The molecule has 1 saturated heterocycles. The second kappa shape index (κ2) is 6.59. The molecule has 2 aliphatic rings. The van der Waals surface area contributed by atoms with Gasteiger partial charge in [-0.2, -0.15) is 0 Å². The van der Waals surface area contributed by atoms with Gasteiger partial charge in [0, 0.05) is 24.2 Å². The lowest BCUT2D eigenvalue weighted by atomic mass is 9.92. The quantitative estimate of drug-likeness (QED) is 0.776. The Morgan fingerprint density at radius 1 is 1.19 bits per heavy atom. The van der Waals surface area contributed by atoms with Gasteiger partial charge in [-0.3, -0.25) is 4.79 Å². The number of benzene rings is 2. The van der Waals surface area contributed by atoms with E-state index in [0.29, 0.717) is 18.7 Å². The molecule has 1 amide bonds. The van der Waals surface area contributed by atoms with Gasteiger partial charge in [0.2, 0.25) is 5.91 Å². The monoisotopic (exact) mass is 349 g/mol. The van der Waals surface area contributed by atoms with Crippen molar-refractivity contribution < 1.29 is 13.9 Å². The summed E-state index contributed by atoms with van der Waals surface area (Å²) in [6.45, 7) is 1.37. The molecule has 1 aliphatic carbocycles. The van der Waals surface area contributed by atoms with Crippen molar-refractivity contribution in [2.24, 2.45) is 0 Å². The van der Waals surface area contributed by atoms with E-state index in [2.05, 4.69) is 5.92 Å². The van der Waals surface area contributed by atoms with Crippen LogP contribution in [0.25, 0.3) is 0 Å². The SMILES string of the molecule is C#Cc1ccc(C2(C(=O)N3CC(OCc4ccccc4F)C3)CC2)cc1. The van der Waals surface area contributed by atoms with E-state index in [1.807, 2.05) is 29.2 Å². The van der Waals surface area contributed by atoms with Gasteiger partial charge in [0.05, 0.1) is 18.1 Å². The van der Waals surface area contributed by atoms with Gasteiger partial charge >= 0.3 is 0 Å². The summed E-state index contributed by atoms with van der Waals surface area (Å²) in [7, 11) is 0. The molecule has 0 atom stereocenters. The van der Waals surface area contributed by atoms with Crippen LogP contribution in [0.4, 0.5) is 4.39 Å². The van der Waals surface area contributed by atoms with E-state index in [4.69, 9.17) is 11.2 Å². The molecule has 4 rings (SSSR count). The third-order valence-electron chi connectivity index (χ3n) is 5.33. The van der Waals surface area contributed by atoms with Crippen molar-refractivity contribution in [1.82, 2.24) is 4.90 Å². The van der Waals surface area contributed by atoms with Crippen LogP contribution in [0.3, 0.4) is 0 Å². The highest BCUT2D eigenvalue weighted by Gasteiger charge is 2.54. The lowest BCUT2D eigenvalue weighted by Gasteiger charge is -2.41. The fourth-order valence-corrected chi connectivity index (χ4v) is 3.47. The Morgan fingerprint density at radius 3 is 2.50 bits per heavy atom. The smallest absolute Gasteiger partial charge is 0.233 e. The standard InChI is InChI=1S/C22H20FNO2/c1-2-16-7-9-18(10-8-16)22(11-12-22)21(25)24-13-19(14-24)26-15-17-5-3-4-6-20(17)23/h1,3-10,19H,11-15H2. The molecule has 0 bridgehead atoms. The van der Waals surface area contributed by atoms with Crippen LogP contribution in [-0.2, 0) is 21.6 Å². The third kappa shape index (κ3) is 3.00. The van der Waals surface area contributed by atoms with Gasteiger partial charge < -0.3 is 9.64 Å². The molecule has 4 heteroatoms. The van der Waals surface area contributed by atoms with Crippen molar-refractivity contribution in [2.45, 2.75) is 31.0 Å².